The van der Waals surface area contributed by atoms with Gasteiger partial charge >= 0.3 is 5.97 Å². The lowest BCUT2D eigenvalue weighted by Gasteiger charge is -2.20. The highest BCUT2D eigenvalue weighted by Gasteiger charge is 2.08. The summed E-state index contributed by atoms with van der Waals surface area (Å²) in [6, 6.07) is 7.40. The van der Waals surface area contributed by atoms with Crippen LogP contribution in [0.4, 0.5) is 0 Å². The van der Waals surface area contributed by atoms with Crippen molar-refractivity contribution in [1.82, 2.24) is 15.5 Å². The molecule has 0 unspecified atom stereocenters. The Balaban J connectivity index is 0.00000364. The summed E-state index contributed by atoms with van der Waals surface area (Å²) in [6.45, 7) is 5.22. The van der Waals surface area contributed by atoms with E-state index < -0.39 is 0 Å². The Hall–Kier alpha value is -1.35. The molecule has 1 saturated heterocycles. The lowest BCUT2D eigenvalue weighted by atomic mass is 10.1. The van der Waals surface area contributed by atoms with E-state index in [2.05, 4.69) is 20.5 Å². The summed E-state index contributed by atoms with van der Waals surface area (Å²) in [7, 11) is 3.17. The number of rotatable bonds is 7. The Bertz CT molecular complexity index is 570. The highest BCUT2D eigenvalue weighted by molar-refractivity contribution is 14.0. The predicted molar refractivity (Wildman–Crippen MR) is 121 cm³/mol. The molecule has 0 saturated carbocycles. The van der Waals surface area contributed by atoms with Gasteiger partial charge in [0.2, 0.25) is 0 Å². The number of esters is 1. The summed E-state index contributed by atoms with van der Waals surface area (Å²) < 4.78 is 4.71. The molecule has 7 heteroatoms. The number of ether oxygens (including phenoxy) is 1. The Morgan fingerprint density at radius 1 is 1.11 bits per heavy atom. The SMILES string of the molecule is CN=C(NCCCN1CCCCCC1)NCc1ccc(C(=O)OC)cc1.I. The summed E-state index contributed by atoms with van der Waals surface area (Å²) in [5.74, 6) is 0.490. The van der Waals surface area contributed by atoms with Gasteiger partial charge in [-0.2, -0.15) is 0 Å². The first-order chi connectivity index (χ1) is 12.7. The van der Waals surface area contributed by atoms with E-state index in [-0.39, 0.29) is 29.9 Å². The summed E-state index contributed by atoms with van der Waals surface area (Å²) in [4.78, 5) is 18.3. The second-order valence-corrected chi connectivity index (χ2v) is 6.65. The van der Waals surface area contributed by atoms with Crippen molar-refractivity contribution >= 4 is 35.9 Å². The van der Waals surface area contributed by atoms with Crippen LogP contribution in [0.3, 0.4) is 0 Å². The van der Waals surface area contributed by atoms with Crippen LogP contribution in [-0.4, -0.2) is 57.2 Å². The maximum atomic E-state index is 11.4. The summed E-state index contributed by atoms with van der Waals surface area (Å²) in [6.07, 6.45) is 6.56. The monoisotopic (exact) mass is 488 g/mol. The van der Waals surface area contributed by atoms with E-state index in [1.807, 2.05) is 12.1 Å². The molecule has 1 aromatic rings. The summed E-state index contributed by atoms with van der Waals surface area (Å²) in [5.41, 5.74) is 1.65. The largest absolute Gasteiger partial charge is 0.465 e. The topological polar surface area (TPSA) is 66.0 Å². The molecule has 2 rings (SSSR count). The first-order valence-electron chi connectivity index (χ1n) is 9.57. The number of aliphatic imine (C=N–C) groups is 1. The Morgan fingerprint density at radius 3 is 2.37 bits per heavy atom. The third kappa shape index (κ3) is 8.92. The molecule has 0 aliphatic carbocycles. The average Bonchev–Trinajstić information content (AvgIpc) is 2.96. The zero-order valence-corrected chi connectivity index (χ0v) is 18.8. The van der Waals surface area contributed by atoms with Crippen LogP contribution in [0.15, 0.2) is 29.3 Å². The number of hydrogen-bond acceptors (Lipinski definition) is 4. The van der Waals surface area contributed by atoms with Crippen LogP contribution in [-0.2, 0) is 11.3 Å². The van der Waals surface area contributed by atoms with Crippen molar-refractivity contribution in [3.05, 3.63) is 35.4 Å². The highest BCUT2D eigenvalue weighted by Crippen LogP contribution is 2.09. The van der Waals surface area contributed by atoms with Crippen molar-refractivity contribution in [3.63, 3.8) is 0 Å². The molecular weight excluding hydrogens is 455 g/mol. The van der Waals surface area contributed by atoms with Gasteiger partial charge < -0.3 is 20.3 Å². The summed E-state index contributed by atoms with van der Waals surface area (Å²) >= 11 is 0. The van der Waals surface area contributed by atoms with E-state index in [1.165, 1.54) is 45.9 Å². The molecule has 1 aromatic carbocycles. The molecule has 1 fully saturated rings. The third-order valence-corrected chi connectivity index (χ3v) is 4.70. The quantitative estimate of drug-likeness (QED) is 0.203. The number of carbonyl (C=O) groups excluding carboxylic acids is 1. The minimum absolute atomic E-state index is 0. The van der Waals surface area contributed by atoms with Crippen LogP contribution in [0.2, 0.25) is 0 Å². The molecule has 0 bridgehead atoms. The molecule has 2 N–H and O–H groups in total. The molecule has 1 aliphatic rings. The molecule has 0 amide bonds. The number of halogens is 1. The first kappa shape index (κ1) is 23.7. The van der Waals surface area contributed by atoms with Gasteiger partial charge in [0.15, 0.2) is 5.96 Å². The number of likely N-dealkylation sites (tertiary alicyclic amines) is 1. The molecule has 27 heavy (non-hydrogen) atoms. The fourth-order valence-electron chi connectivity index (χ4n) is 3.15. The third-order valence-electron chi connectivity index (χ3n) is 4.70. The Labute approximate surface area is 180 Å². The molecule has 152 valence electrons. The molecule has 1 heterocycles. The molecule has 1 aliphatic heterocycles. The van der Waals surface area contributed by atoms with Gasteiger partial charge in [-0.15, -0.1) is 24.0 Å². The lowest BCUT2D eigenvalue weighted by molar-refractivity contribution is 0.0600. The molecule has 0 aromatic heterocycles. The normalized spacial score (nSPS) is 15.4. The van der Waals surface area contributed by atoms with Crippen LogP contribution in [0, 0.1) is 0 Å². The number of methoxy groups -OCH3 is 1. The van der Waals surface area contributed by atoms with Crippen LogP contribution in [0.1, 0.15) is 48.0 Å². The minimum atomic E-state index is -0.314. The summed E-state index contributed by atoms with van der Waals surface area (Å²) in [5, 5.41) is 6.68. The van der Waals surface area contributed by atoms with Crippen molar-refractivity contribution < 1.29 is 9.53 Å². The highest BCUT2D eigenvalue weighted by atomic mass is 127. The van der Waals surface area contributed by atoms with Crippen LogP contribution in [0.5, 0.6) is 0 Å². The van der Waals surface area contributed by atoms with Crippen molar-refractivity contribution in [3.8, 4) is 0 Å². The standard InChI is InChI=1S/C20H32N4O2.HI/c1-21-20(22-12-7-15-24-13-5-3-4-6-14-24)23-16-17-8-10-18(11-9-17)19(25)26-2;/h8-11H,3-7,12-16H2,1-2H3,(H2,21,22,23);1H. The average molecular weight is 488 g/mol. The fraction of sp³-hybridized carbons (Fsp3) is 0.600. The molecular formula is C20H33IN4O2. The zero-order chi connectivity index (χ0) is 18.6. The van der Waals surface area contributed by atoms with Gasteiger partial charge in [-0.25, -0.2) is 4.79 Å². The van der Waals surface area contributed by atoms with Gasteiger partial charge in [0, 0.05) is 20.1 Å². The number of guanidine groups is 1. The molecule has 6 nitrogen and oxygen atoms in total. The van der Waals surface area contributed by atoms with Gasteiger partial charge in [0.05, 0.1) is 12.7 Å². The van der Waals surface area contributed by atoms with Crippen molar-refractivity contribution in [2.45, 2.75) is 38.6 Å². The predicted octanol–water partition coefficient (Wildman–Crippen LogP) is 3.02. The van der Waals surface area contributed by atoms with E-state index in [1.54, 1.807) is 19.2 Å². The fourth-order valence-corrected chi connectivity index (χ4v) is 3.15. The van der Waals surface area contributed by atoms with Gasteiger partial charge in [-0.1, -0.05) is 25.0 Å². The number of hydrogen-bond donors (Lipinski definition) is 2. The number of benzene rings is 1. The Morgan fingerprint density at radius 2 is 1.78 bits per heavy atom. The minimum Gasteiger partial charge on any atom is -0.465 e. The van der Waals surface area contributed by atoms with E-state index in [4.69, 9.17) is 4.74 Å². The second-order valence-electron chi connectivity index (χ2n) is 6.65. The maximum absolute atomic E-state index is 11.4. The van der Waals surface area contributed by atoms with Crippen LogP contribution < -0.4 is 10.6 Å². The van der Waals surface area contributed by atoms with Gasteiger partial charge in [0.25, 0.3) is 0 Å². The molecule has 0 radical (unpaired) electrons. The van der Waals surface area contributed by atoms with E-state index in [0.717, 1.165) is 31.0 Å². The van der Waals surface area contributed by atoms with E-state index in [9.17, 15) is 4.79 Å². The maximum Gasteiger partial charge on any atom is 0.337 e. The Kier molecular flexibility index (Phi) is 12.1. The zero-order valence-electron chi connectivity index (χ0n) is 16.5. The lowest BCUT2D eigenvalue weighted by Crippen LogP contribution is -2.38. The smallest absolute Gasteiger partial charge is 0.337 e. The number of carbonyl (C=O) groups is 1. The van der Waals surface area contributed by atoms with Gasteiger partial charge in [-0.05, 0) is 56.6 Å². The van der Waals surface area contributed by atoms with E-state index in [0.29, 0.717) is 12.1 Å². The van der Waals surface area contributed by atoms with Gasteiger partial charge in [-0.3, -0.25) is 4.99 Å². The first-order valence-corrected chi connectivity index (χ1v) is 9.57. The van der Waals surface area contributed by atoms with Gasteiger partial charge in [0.1, 0.15) is 0 Å². The van der Waals surface area contributed by atoms with Crippen molar-refractivity contribution in [2.75, 3.05) is 40.3 Å². The van der Waals surface area contributed by atoms with Crippen LogP contribution in [0.25, 0.3) is 0 Å². The second kappa shape index (κ2) is 13.8. The number of nitrogens with zero attached hydrogens (tertiary/aromatic N) is 2. The molecule has 0 spiro atoms. The van der Waals surface area contributed by atoms with Crippen molar-refractivity contribution in [1.29, 1.82) is 0 Å². The van der Waals surface area contributed by atoms with Crippen molar-refractivity contribution in [2.24, 2.45) is 4.99 Å². The van der Waals surface area contributed by atoms with Crippen LogP contribution >= 0.6 is 24.0 Å². The molecule has 0 atom stereocenters. The number of nitrogens with one attached hydrogen (secondary N) is 2. The van der Waals surface area contributed by atoms with E-state index >= 15 is 0 Å².